The predicted octanol–water partition coefficient (Wildman–Crippen LogP) is 4.55. The summed E-state index contributed by atoms with van der Waals surface area (Å²) in [5.74, 6) is 0.863. The number of urea groups is 1. The van der Waals surface area contributed by atoms with Gasteiger partial charge in [0.1, 0.15) is 5.76 Å². The topological polar surface area (TPSA) is 57.5 Å². The number of furan rings is 1. The van der Waals surface area contributed by atoms with E-state index >= 15 is 0 Å². The summed E-state index contributed by atoms with van der Waals surface area (Å²) in [6.07, 6.45) is 4.00. The number of halogens is 2. The van der Waals surface area contributed by atoms with Crippen LogP contribution in [0, 0.1) is 0 Å². The standard InChI is InChI=1S/C17H19Cl2N3O2/c18-12-5-6-14(13(19)10-12)21-17(23)20-11-15(16-4-3-9-24-16)22-7-1-2-8-22/h3-6,9-10,15H,1-2,7-8,11H2,(H2,20,21,23). The fraction of sp³-hybridized carbons (Fsp3) is 0.353. The molecule has 2 N–H and O–H groups in total. The molecular weight excluding hydrogens is 349 g/mol. The number of anilines is 1. The first-order valence-corrected chi connectivity index (χ1v) is 8.66. The average Bonchev–Trinajstić information content (AvgIpc) is 3.24. The SMILES string of the molecule is O=C(NCC(c1ccco1)N1CCCC1)Nc1ccc(Cl)cc1Cl. The molecule has 0 aliphatic carbocycles. The van der Waals surface area contributed by atoms with Crippen molar-refractivity contribution >= 4 is 34.9 Å². The molecule has 1 aromatic carbocycles. The molecule has 2 aromatic rings. The molecule has 1 unspecified atom stereocenters. The minimum atomic E-state index is -0.310. The molecule has 7 heteroatoms. The molecule has 1 fully saturated rings. The molecule has 0 spiro atoms. The molecule has 1 aliphatic heterocycles. The Labute approximate surface area is 150 Å². The zero-order valence-electron chi connectivity index (χ0n) is 13.1. The summed E-state index contributed by atoms with van der Waals surface area (Å²) in [6, 6.07) is 8.48. The van der Waals surface area contributed by atoms with Crippen molar-refractivity contribution in [1.82, 2.24) is 10.2 Å². The smallest absolute Gasteiger partial charge is 0.319 e. The molecule has 2 amide bonds. The molecular formula is C17H19Cl2N3O2. The highest BCUT2D eigenvalue weighted by molar-refractivity contribution is 6.36. The summed E-state index contributed by atoms with van der Waals surface area (Å²) in [4.78, 5) is 14.5. The van der Waals surface area contributed by atoms with E-state index in [4.69, 9.17) is 27.6 Å². The van der Waals surface area contributed by atoms with Gasteiger partial charge in [-0.3, -0.25) is 4.90 Å². The van der Waals surface area contributed by atoms with Gasteiger partial charge >= 0.3 is 6.03 Å². The van der Waals surface area contributed by atoms with Crippen LogP contribution in [0.5, 0.6) is 0 Å². The monoisotopic (exact) mass is 367 g/mol. The number of rotatable bonds is 5. The zero-order chi connectivity index (χ0) is 16.9. The molecule has 2 heterocycles. The van der Waals surface area contributed by atoms with Crippen molar-refractivity contribution in [3.63, 3.8) is 0 Å². The summed E-state index contributed by atoms with van der Waals surface area (Å²) in [7, 11) is 0. The third-order valence-electron chi connectivity index (χ3n) is 4.09. The van der Waals surface area contributed by atoms with Gasteiger partial charge in [0.25, 0.3) is 0 Å². The molecule has 0 saturated carbocycles. The second kappa shape index (κ2) is 7.92. The lowest BCUT2D eigenvalue weighted by molar-refractivity contribution is 0.207. The maximum absolute atomic E-state index is 12.2. The van der Waals surface area contributed by atoms with E-state index in [1.54, 1.807) is 24.5 Å². The van der Waals surface area contributed by atoms with Crippen molar-refractivity contribution in [1.29, 1.82) is 0 Å². The second-order valence-electron chi connectivity index (χ2n) is 5.73. The van der Waals surface area contributed by atoms with Crippen molar-refractivity contribution in [3.8, 4) is 0 Å². The Balaban J connectivity index is 1.60. The molecule has 0 radical (unpaired) electrons. The van der Waals surface area contributed by atoms with Gasteiger partial charge in [0.05, 0.1) is 23.0 Å². The number of carbonyl (C=O) groups excluding carboxylic acids is 1. The first kappa shape index (κ1) is 17.1. The number of nitrogens with zero attached hydrogens (tertiary/aromatic N) is 1. The minimum absolute atomic E-state index is 0.0361. The first-order valence-electron chi connectivity index (χ1n) is 7.91. The first-order chi connectivity index (χ1) is 11.6. The quantitative estimate of drug-likeness (QED) is 0.814. The molecule has 5 nitrogen and oxygen atoms in total. The largest absolute Gasteiger partial charge is 0.468 e. The third kappa shape index (κ3) is 4.23. The Morgan fingerprint density at radius 2 is 2.04 bits per heavy atom. The number of benzene rings is 1. The Bertz CT molecular complexity index is 685. The molecule has 1 aliphatic rings. The van der Waals surface area contributed by atoms with Gasteiger partial charge in [-0.05, 0) is 56.3 Å². The van der Waals surface area contributed by atoms with Crippen LogP contribution in [0.1, 0.15) is 24.6 Å². The summed E-state index contributed by atoms with van der Waals surface area (Å²) in [6.45, 7) is 2.49. The Morgan fingerprint density at radius 1 is 1.25 bits per heavy atom. The second-order valence-corrected chi connectivity index (χ2v) is 6.58. The van der Waals surface area contributed by atoms with Crippen LogP contribution in [0.25, 0.3) is 0 Å². The summed E-state index contributed by atoms with van der Waals surface area (Å²) in [5.41, 5.74) is 0.522. The van der Waals surface area contributed by atoms with Crippen LogP contribution < -0.4 is 10.6 Å². The van der Waals surface area contributed by atoms with Gasteiger partial charge in [-0.1, -0.05) is 23.2 Å². The molecule has 1 saturated heterocycles. The Kier molecular flexibility index (Phi) is 5.66. The van der Waals surface area contributed by atoms with Crippen molar-refractivity contribution in [3.05, 3.63) is 52.4 Å². The van der Waals surface area contributed by atoms with Crippen LogP contribution in [-0.2, 0) is 0 Å². The number of nitrogens with one attached hydrogen (secondary N) is 2. The van der Waals surface area contributed by atoms with Crippen molar-refractivity contribution < 1.29 is 9.21 Å². The van der Waals surface area contributed by atoms with E-state index < -0.39 is 0 Å². The van der Waals surface area contributed by atoms with E-state index in [2.05, 4.69) is 15.5 Å². The van der Waals surface area contributed by atoms with E-state index in [1.165, 1.54) is 12.8 Å². The molecule has 1 aromatic heterocycles. The van der Waals surface area contributed by atoms with E-state index in [0.717, 1.165) is 18.8 Å². The van der Waals surface area contributed by atoms with Gasteiger partial charge in [0.15, 0.2) is 0 Å². The molecule has 24 heavy (non-hydrogen) atoms. The molecule has 0 bridgehead atoms. The third-order valence-corrected chi connectivity index (χ3v) is 4.64. The van der Waals surface area contributed by atoms with Crippen molar-refractivity contribution in [2.45, 2.75) is 18.9 Å². The number of carbonyl (C=O) groups is 1. The van der Waals surface area contributed by atoms with Gasteiger partial charge < -0.3 is 15.1 Å². The normalized spacial score (nSPS) is 16.1. The lowest BCUT2D eigenvalue weighted by atomic mass is 10.2. The highest BCUT2D eigenvalue weighted by Crippen LogP contribution is 2.26. The van der Waals surface area contributed by atoms with E-state index in [-0.39, 0.29) is 12.1 Å². The van der Waals surface area contributed by atoms with Crippen LogP contribution in [-0.4, -0.2) is 30.6 Å². The van der Waals surface area contributed by atoms with Gasteiger partial charge in [0.2, 0.25) is 0 Å². The average molecular weight is 368 g/mol. The van der Waals surface area contributed by atoms with Gasteiger partial charge in [-0.15, -0.1) is 0 Å². The fourth-order valence-corrected chi connectivity index (χ4v) is 3.35. The maximum Gasteiger partial charge on any atom is 0.319 e. The van der Waals surface area contributed by atoms with Gasteiger partial charge in [-0.25, -0.2) is 4.79 Å². The number of amides is 2. The molecule has 1 atom stereocenters. The minimum Gasteiger partial charge on any atom is -0.468 e. The summed E-state index contributed by atoms with van der Waals surface area (Å²) >= 11 is 11.9. The van der Waals surface area contributed by atoms with Crippen LogP contribution in [0.15, 0.2) is 41.0 Å². The summed E-state index contributed by atoms with van der Waals surface area (Å²) < 4.78 is 5.54. The Morgan fingerprint density at radius 3 is 2.71 bits per heavy atom. The van der Waals surface area contributed by atoms with Gasteiger partial charge in [0, 0.05) is 11.6 Å². The Hall–Kier alpha value is -1.69. The lowest BCUT2D eigenvalue weighted by Crippen LogP contribution is -2.38. The van der Waals surface area contributed by atoms with E-state index in [9.17, 15) is 4.79 Å². The van der Waals surface area contributed by atoms with Crippen LogP contribution >= 0.6 is 23.2 Å². The van der Waals surface area contributed by atoms with Gasteiger partial charge in [-0.2, -0.15) is 0 Å². The fourth-order valence-electron chi connectivity index (χ4n) is 2.89. The molecule has 128 valence electrons. The van der Waals surface area contributed by atoms with Crippen LogP contribution in [0.4, 0.5) is 10.5 Å². The molecule has 3 rings (SSSR count). The highest BCUT2D eigenvalue weighted by Gasteiger charge is 2.25. The predicted molar refractivity (Wildman–Crippen MR) is 95.7 cm³/mol. The highest BCUT2D eigenvalue weighted by atomic mass is 35.5. The zero-order valence-corrected chi connectivity index (χ0v) is 14.6. The van der Waals surface area contributed by atoms with E-state index in [1.807, 2.05) is 12.1 Å². The maximum atomic E-state index is 12.2. The summed E-state index contributed by atoms with van der Waals surface area (Å²) in [5, 5.41) is 6.56. The van der Waals surface area contributed by atoms with Crippen LogP contribution in [0.3, 0.4) is 0 Å². The number of hydrogen-bond donors (Lipinski definition) is 2. The number of likely N-dealkylation sites (tertiary alicyclic amines) is 1. The number of hydrogen-bond acceptors (Lipinski definition) is 3. The van der Waals surface area contributed by atoms with Crippen LogP contribution in [0.2, 0.25) is 10.0 Å². The van der Waals surface area contributed by atoms with Crippen molar-refractivity contribution in [2.75, 3.05) is 25.0 Å². The lowest BCUT2D eigenvalue weighted by Gasteiger charge is -2.26. The van der Waals surface area contributed by atoms with Crippen molar-refractivity contribution in [2.24, 2.45) is 0 Å². The van der Waals surface area contributed by atoms with E-state index in [0.29, 0.717) is 22.3 Å².